The van der Waals surface area contributed by atoms with Crippen LogP contribution in [0.3, 0.4) is 0 Å². The van der Waals surface area contributed by atoms with E-state index in [0.717, 1.165) is 57.2 Å². The van der Waals surface area contributed by atoms with Gasteiger partial charge in [-0.15, -0.1) is 0 Å². The Hall–Kier alpha value is -0.840. The van der Waals surface area contributed by atoms with E-state index in [1.807, 2.05) is 0 Å². The molecule has 2 heterocycles. The molecule has 0 saturated carbocycles. The molecule has 1 atom stereocenters. The zero-order valence-corrected chi connectivity index (χ0v) is 12.5. The summed E-state index contributed by atoms with van der Waals surface area (Å²) in [6, 6.07) is 4.85. The summed E-state index contributed by atoms with van der Waals surface area (Å²) in [7, 11) is 2.20. The van der Waals surface area contributed by atoms with Gasteiger partial charge in [-0.3, -0.25) is 4.90 Å². The number of hydrogen-bond acceptors (Lipinski definition) is 4. The van der Waals surface area contributed by atoms with Gasteiger partial charge in [0.25, 0.3) is 0 Å². The second-order valence-corrected chi connectivity index (χ2v) is 5.61. The smallest absolute Gasteiger partial charge is 0.118 e. The standard InChI is InChI=1S/C15H27N3O/c1-4-7-16-10-14-5-6-15(19-14)12-18-9-8-17(3)13(2)11-18/h5-6,13,16H,4,7-12H2,1-3H3. The van der Waals surface area contributed by atoms with Crippen LogP contribution in [0.5, 0.6) is 0 Å². The molecular weight excluding hydrogens is 238 g/mol. The van der Waals surface area contributed by atoms with Crippen molar-refractivity contribution in [2.24, 2.45) is 0 Å². The molecule has 1 N–H and O–H groups in total. The largest absolute Gasteiger partial charge is 0.463 e. The third-order valence-electron chi connectivity index (χ3n) is 3.87. The van der Waals surface area contributed by atoms with Crippen LogP contribution in [0.25, 0.3) is 0 Å². The number of nitrogens with one attached hydrogen (secondary N) is 1. The van der Waals surface area contributed by atoms with Crippen molar-refractivity contribution < 1.29 is 4.42 Å². The molecule has 0 spiro atoms. The van der Waals surface area contributed by atoms with Crippen LogP contribution in [-0.4, -0.2) is 49.1 Å². The molecule has 1 fully saturated rings. The first-order valence-electron chi connectivity index (χ1n) is 7.40. The molecule has 19 heavy (non-hydrogen) atoms. The van der Waals surface area contributed by atoms with Crippen molar-refractivity contribution in [2.45, 2.75) is 39.4 Å². The Bertz CT molecular complexity index is 377. The van der Waals surface area contributed by atoms with Gasteiger partial charge in [-0.05, 0) is 39.1 Å². The van der Waals surface area contributed by atoms with Crippen LogP contribution < -0.4 is 5.32 Å². The van der Waals surface area contributed by atoms with E-state index < -0.39 is 0 Å². The Morgan fingerprint density at radius 3 is 2.84 bits per heavy atom. The summed E-state index contributed by atoms with van der Waals surface area (Å²) < 4.78 is 5.88. The van der Waals surface area contributed by atoms with Crippen LogP contribution in [0.4, 0.5) is 0 Å². The first-order valence-corrected chi connectivity index (χ1v) is 7.40. The van der Waals surface area contributed by atoms with E-state index in [9.17, 15) is 0 Å². The zero-order chi connectivity index (χ0) is 13.7. The minimum Gasteiger partial charge on any atom is -0.463 e. The molecule has 2 rings (SSSR count). The Kier molecular flexibility index (Phi) is 5.43. The van der Waals surface area contributed by atoms with Crippen LogP contribution >= 0.6 is 0 Å². The lowest BCUT2D eigenvalue weighted by molar-refractivity contribution is 0.0943. The second-order valence-electron chi connectivity index (χ2n) is 5.61. The van der Waals surface area contributed by atoms with E-state index in [-0.39, 0.29) is 0 Å². The van der Waals surface area contributed by atoms with Gasteiger partial charge in [0.2, 0.25) is 0 Å². The van der Waals surface area contributed by atoms with Crippen molar-refractivity contribution in [2.75, 3.05) is 33.2 Å². The molecule has 1 aliphatic heterocycles. The van der Waals surface area contributed by atoms with Crippen molar-refractivity contribution in [1.29, 1.82) is 0 Å². The highest BCUT2D eigenvalue weighted by Crippen LogP contribution is 2.14. The summed E-state index contributed by atoms with van der Waals surface area (Å²) in [5.74, 6) is 2.13. The fourth-order valence-electron chi connectivity index (χ4n) is 2.48. The highest BCUT2D eigenvalue weighted by molar-refractivity contribution is 5.07. The molecule has 0 bridgehead atoms. The van der Waals surface area contributed by atoms with E-state index in [4.69, 9.17) is 4.42 Å². The van der Waals surface area contributed by atoms with Gasteiger partial charge in [0, 0.05) is 25.7 Å². The maximum absolute atomic E-state index is 5.88. The van der Waals surface area contributed by atoms with Gasteiger partial charge in [-0.1, -0.05) is 6.92 Å². The molecule has 1 aromatic heterocycles. The molecule has 1 aliphatic rings. The van der Waals surface area contributed by atoms with E-state index >= 15 is 0 Å². The van der Waals surface area contributed by atoms with Crippen LogP contribution in [-0.2, 0) is 13.1 Å². The van der Waals surface area contributed by atoms with Gasteiger partial charge in [-0.25, -0.2) is 0 Å². The molecule has 108 valence electrons. The van der Waals surface area contributed by atoms with Crippen molar-refractivity contribution >= 4 is 0 Å². The van der Waals surface area contributed by atoms with Gasteiger partial charge in [-0.2, -0.15) is 0 Å². The maximum atomic E-state index is 5.88. The average molecular weight is 265 g/mol. The number of nitrogens with zero attached hydrogens (tertiary/aromatic N) is 2. The lowest BCUT2D eigenvalue weighted by Gasteiger charge is -2.37. The quantitative estimate of drug-likeness (QED) is 0.796. The monoisotopic (exact) mass is 265 g/mol. The molecule has 4 heteroatoms. The normalized spacial score (nSPS) is 21.9. The molecule has 4 nitrogen and oxygen atoms in total. The fraction of sp³-hybridized carbons (Fsp3) is 0.733. The Labute approximate surface area is 116 Å². The average Bonchev–Trinajstić information content (AvgIpc) is 2.82. The van der Waals surface area contributed by atoms with Crippen molar-refractivity contribution in [3.63, 3.8) is 0 Å². The lowest BCUT2D eigenvalue weighted by Crippen LogP contribution is -2.49. The lowest BCUT2D eigenvalue weighted by atomic mass is 10.2. The molecule has 0 aliphatic carbocycles. The number of likely N-dealkylation sites (N-methyl/N-ethyl adjacent to an activating group) is 1. The van der Waals surface area contributed by atoms with Gasteiger partial charge in [0.15, 0.2) is 0 Å². The van der Waals surface area contributed by atoms with E-state index in [0.29, 0.717) is 6.04 Å². The number of rotatable bonds is 6. The Morgan fingerprint density at radius 2 is 2.11 bits per heavy atom. The molecule has 1 aromatic rings. The summed E-state index contributed by atoms with van der Waals surface area (Å²) >= 11 is 0. The molecule has 0 aromatic carbocycles. The summed E-state index contributed by atoms with van der Waals surface area (Å²) in [5.41, 5.74) is 0. The molecule has 1 saturated heterocycles. The van der Waals surface area contributed by atoms with Crippen LogP contribution in [0, 0.1) is 0 Å². The highest BCUT2D eigenvalue weighted by atomic mass is 16.3. The van der Waals surface area contributed by atoms with Gasteiger partial charge < -0.3 is 14.6 Å². The number of furan rings is 1. The first-order chi connectivity index (χ1) is 9.19. The molecule has 0 radical (unpaired) electrons. The summed E-state index contributed by atoms with van der Waals surface area (Å²) in [4.78, 5) is 4.89. The van der Waals surface area contributed by atoms with Gasteiger partial charge >= 0.3 is 0 Å². The number of hydrogen-bond donors (Lipinski definition) is 1. The van der Waals surface area contributed by atoms with Crippen molar-refractivity contribution in [1.82, 2.24) is 15.1 Å². The van der Waals surface area contributed by atoms with Crippen molar-refractivity contribution in [3.8, 4) is 0 Å². The fourth-order valence-corrected chi connectivity index (χ4v) is 2.48. The minimum atomic E-state index is 0.634. The molecule has 1 unspecified atom stereocenters. The predicted molar refractivity (Wildman–Crippen MR) is 78.1 cm³/mol. The number of piperazine rings is 1. The molecule has 0 amide bonds. The Balaban J connectivity index is 1.79. The summed E-state index contributed by atoms with van der Waals surface area (Å²) in [6.45, 7) is 10.7. The summed E-state index contributed by atoms with van der Waals surface area (Å²) in [6.07, 6.45) is 1.16. The Morgan fingerprint density at radius 1 is 1.32 bits per heavy atom. The maximum Gasteiger partial charge on any atom is 0.118 e. The molecular formula is C15H27N3O. The second kappa shape index (κ2) is 7.08. The van der Waals surface area contributed by atoms with E-state index in [2.05, 4.69) is 48.1 Å². The van der Waals surface area contributed by atoms with Crippen LogP contribution in [0.2, 0.25) is 0 Å². The summed E-state index contributed by atoms with van der Waals surface area (Å²) in [5, 5.41) is 3.37. The predicted octanol–water partition coefficient (Wildman–Crippen LogP) is 1.92. The first kappa shape index (κ1) is 14.6. The topological polar surface area (TPSA) is 31.6 Å². The highest BCUT2D eigenvalue weighted by Gasteiger charge is 2.21. The van der Waals surface area contributed by atoms with Gasteiger partial charge in [0.05, 0.1) is 13.1 Å². The minimum absolute atomic E-state index is 0.634. The third-order valence-corrected chi connectivity index (χ3v) is 3.87. The van der Waals surface area contributed by atoms with Crippen LogP contribution in [0.15, 0.2) is 16.5 Å². The SMILES string of the molecule is CCCNCc1ccc(CN2CCN(C)C(C)C2)o1. The van der Waals surface area contributed by atoms with Crippen LogP contribution in [0.1, 0.15) is 31.8 Å². The van der Waals surface area contributed by atoms with E-state index in [1.54, 1.807) is 0 Å². The van der Waals surface area contributed by atoms with E-state index in [1.165, 1.54) is 0 Å². The van der Waals surface area contributed by atoms with Gasteiger partial charge in [0.1, 0.15) is 11.5 Å². The third kappa shape index (κ3) is 4.34. The van der Waals surface area contributed by atoms with Crippen molar-refractivity contribution in [3.05, 3.63) is 23.7 Å². The zero-order valence-electron chi connectivity index (χ0n) is 12.5.